The van der Waals surface area contributed by atoms with Crippen LogP contribution in [0.2, 0.25) is 0 Å². The molecule has 3 rings (SSSR count). The van der Waals surface area contributed by atoms with Crippen molar-refractivity contribution in [2.45, 2.75) is 6.42 Å². The Morgan fingerprint density at radius 1 is 1.24 bits per heavy atom. The minimum Gasteiger partial charge on any atom is -0.497 e. The molecule has 2 aromatic carbocycles. The number of carbonyl (C=O) groups is 1. The summed E-state index contributed by atoms with van der Waals surface area (Å²) in [6, 6.07) is 13.6. The van der Waals surface area contributed by atoms with Crippen molar-refractivity contribution < 1.29 is 9.53 Å². The number of Topliss-reactive ketones (excluding diaryl/α,β-unsaturated/α-hetero) is 1. The monoisotopic (exact) mass is 280 g/mol. The zero-order valence-corrected chi connectivity index (χ0v) is 12.0. The Balaban J connectivity index is 1.98. The van der Waals surface area contributed by atoms with E-state index in [1.165, 1.54) is 0 Å². The van der Waals surface area contributed by atoms with E-state index in [1.54, 1.807) is 31.1 Å². The second-order valence-electron chi connectivity index (χ2n) is 4.98. The molecule has 0 saturated carbocycles. The number of hydrogen-bond donors (Lipinski definition) is 0. The molecule has 3 aromatic rings. The van der Waals surface area contributed by atoms with Crippen LogP contribution in [-0.4, -0.2) is 22.7 Å². The second kappa shape index (κ2) is 5.40. The Kier molecular flexibility index (Phi) is 3.44. The lowest BCUT2D eigenvalue weighted by Crippen LogP contribution is -2.05. The lowest BCUT2D eigenvalue weighted by atomic mass is 9.99. The number of rotatable bonds is 4. The van der Waals surface area contributed by atoms with Crippen LogP contribution in [0.3, 0.4) is 0 Å². The van der Waals surface area contributed by atoms with E-state index in [-0.39, 0.29) is 5.78 Å². The molecule has 0 bridgehead atoms. The van der Waals surface area contributed by atoms with Crippen molar-refractivity contribution in [2.24, 2.45) is 7.05 Å². The van der Waals surface area contributed by atoms with Crippen molar-refractivity contribution in [3.8, 4) is 5.75 Å². The minimum absolute atomic E-state index is 0.0194. The van der Waals surface area contributed by atoms with Gasteiger partial charge in [-0.3, -0.25) is 9.48 Å². The maximum absolute atomic E-state index is 12.3. The second-order valence-corrected chi connectivity index (χ2v) is 4.98. The van der Waals surface area contributed by atoms with Crippen molar-refractivity contribution in [1.29, 1.82) is 0 Å². The third-order valence-corrected chi connectivity index (χ3v) is 3.53. The fraction of sp³-hybridized carbons (Fsp3) is 0.176. The van der Waals surface area contributed by atoms with Crippen LogP contribution in [0.25, 0.3) is 10.8 Å². The first-order chi connectivity index (χ1) is 10.2. The summed E-state index contributed by atoms with van der Waals surface area (Å²) in [6.45, 7) is 0. The average Bonchev–Trinajstić information content (AvgIpc) is 2.94. The predicted molar refractivity (Wildman–Crippen MR) is 81.7 cm³/mol. The van der Waals surface area contributed by atoms with E-state index in [4.69, 9.17) is 4.74 Å². The molecule has 0 fully saturated rings. The molecule has 0 radical (unpaired) electrons. The molecule has 0 saturated heterocycles. The first kappa shape index (κ1) is 13.4. The van der Waals surface area contributed by atoms with Gasteiger partial charge in [0.1, 0.15) is 11.4 Å². The van der Waals surface area contributed by atoms with Crippen LogP contribution in [0.4, 0.5) is 0 Å². The zero-order chi connectivity index (χ0) is 14.8. The van der Waals surface area contributed by atoms with Crippen LogP contribution in [-0.2, 0) is 13.5 Å². The number of methoxy groups -OCH3 is 1. The Labute approximate surface area is 123 Å². The SMILES string of the molecule is COc1ccc2cccc(CC(=O)c3ccn(C)n3)c2c1. The molecule has 0 aliphatic heterocycles. The van der Waals surface area contributed by atoms with E-state index in [0.29, 0.717) is 12.1 Å². The normalized spacial score (nSPS) is 10.8. The Morgan fingerprint density at radius 3 is 2.81 bits per heavy atom. The van der Waals surface area contributed by atoms with Crippen molar-refractivity contribution in [3.05, 3.63) is 59.9 Å². The van der Waals surface area contributed by atoms with E-state index >= 15 is 0 Å². The number of aromatic nitrogens is 2. The summed E-state index contributed by atoms with van der Waals surface area (Å²) in [7, 11) is 3.45. The molecule has 0 spiro atoms. The first-order valence-corrected chi connectivity index (χ1v) is 6.76. The number of ketones is 1. The molecule has 106 valence electrons. The molecule has 1 heterocycles. The van der Waals surface area contributed by atoms with Crippen LogP contribution >= 0.6 is 0 Å². The van der Waals surface area contributed by atoms with Gasteiger partial charge in [-0.15, -0.1) is 0 Å². The highest BCUT2D eigenvalue weighted by atomic mass is 16.5. The number of aryl methyl sites for hydroxylation is 1. The van der Waals surface area contributed by atoms with E-state index in [9.17, 15) is 4.79 Å². The van der Waals surface area contributed by atoms with Gasteiger partial charge in [0.25, 0.3) is 0 Å². The quantitative estimate of drug-likeness (QED) is 0.690. The molecule has 0 atom stereocenters. The van der Waals surface area contributed by atoms with E-state index < -0.39 is 0 Å². The number of carbonyl (C=O) groups excluding carboxylic acids is 1. The first-order valence-electron chi connectivity index (χ1n) is 6.76. The molecule has 4 heteroatoms. The van der Waals surface area contributed by atoms with Crippen LogP contribution in [0.1, 0.15) is 16.1 Å². The van der Waals surface area contributed by atoms with E-state index in [1.807, 2.05) is 36.4 Å². The highest BCUT2D eigenvalue weighted by Gasteiger charge is 2.12. The third-order valence-electron chi connectivity index (χ3n) is 3.53. The van der Waals surface area contributed by atoms with Crippen molar-refractivity contribution in [2.75, 3.05) is 7.11 Å². The topological polar surface area (TPSA) is 44.1 Å². The van der Waals surface area contributed by atoms with Gasteiger partial charge < -0.3 is 4.74 Å². The molecule has 0 aliphatic rings. The van der Waals surface area contributed by atoms with Gasteiger partial charge in [0.2, 0.25) is 0 Å². The summed E-state index contributed by atoms with van der Waals surface area (Å²) in [5, 5.41) is 6.30. The lowest BCUT2D eigenvalue weighted by molar-refractivity contribution is 0.0988. The van der Waals surface area contributed by atoms with Crippen LogP contribution in [0.5, 0.6) is 5.75 Å². The summed E-state index contributed by atoms with van der Waals surface area (Å²) in [6.07, 6.45) is 2.11. The third kappa shape index (κ3) is 2.65. The summed E-state index contributed by atoms with van der Waals surface area (Å²) in [5.41, 5.74) is 1.49. The molecule has 1 aromatic heterocycles. The standard InChI is InChI=1S/C17H16N2O2/c1-19-9-8-16(18-19)17(20)10-13-5-3-4-12-6-7-14(21-2)11-15(12)13/h3-9,11H,10H2,1-2H3. The molecular formula is C17H16N2O2. The van der Waals surface area contributed by atoms with Gasteiger partial charge in [-0.1, -0.05) is 24.3 Å². The molecule has 0 amide bonds. The number of hydrogen-bond acceptors (Lipinski definition) is 3. The van der Waals surface area contributed by atoms with Gasteiger partial charge in [0.15, 0.2) is 5.78 Å². The van der Waals surface area contributed by atoms with Gasteiger partial charge in [0.05, 0.1) is 7.11 Å². The van der Waals surface area contributed by atoms with Crippen LogP contribution in [0, 0.1) is 0 Å². The van der Waals surface area contributed by atoms with Crippen molar-refractivity contribution in [1.82, 2.24) is 9.78 Å². The Hall–Kier alpha value is -2.62. The summed E-state index contributed by atoms with van der Waals surface area (Å²) < 4.78 is 6.91. The van der Waals surface area contributed by atoms with Crippen molar-refractivity contribution in [3.63, 3.8) is 0 Å². The van der Waals surface area contributed by atoms with E-state index in [2.05, 4.69) is 5.10 Å². The highest BCUT2D eigenvalue weighted by Crippen LogP contribution is 2.25. The van der Waals surface area contributed by atoms with Gasteiger partial charge >= 0.3 is 0 Å². The lowest BCUT2D eigenvalue weighted by Gasteiger charge is -2.07. The molecular weight excluding hydrogens is 264 g/mol. The van der Waals surface area contributed by atoms with Gasteiger partial charge in [0, 0.05) is 19.7 Å². The Bertz CT molecular complexity index is 805. The van der Waals surface area contributed by atoms with Gasteiger partial charge in [-0.05, 0) is 34.5 Å². The Morgan fingerprint density at radius 2 is 2.10 bits per heavy atom. The van der Waals surface area contributed by atoms with Crippen LogP contribution < -0.4 is 4.74 Å². The fourth-order valence-corrected chi connectivity index (χ4v) is 2.42. The van der Waals surface area contributed by atoms with Gasteiger partial charge in [-0.2, -0.15) is 5.10 Å². The molecule has 0 aliphatic carbocycles. The number of ether oxygens (including phenoxy) is 1. The molecule has 4 nitrogen and oxygen atoms in total. The summed E-state index contributed by atoms with van der Waals surface area (Å²) in [4.78, 5) is 12.3. The molecule has 0 unspecified atom stereocenters. The number of benzene rings is 2. The number of fused-ring (bicyclic) bond motifs is 1. The maximum Gasteiger partial charge on any atom is 0.187 e. The highest BCUT2D eigenvalue weighted by molar-refractivity contribution is 5.99. The van der Waals surface area contributed by atoms with E-state index in [0.717, 1.165) is 22.1 Å². The van der Waals surface area contributed by atoms with Crippen LogP contribution in [0.15, 0.2) is 48.7 Å². The van der Waals surface area contributed by atoms with Gasteiger partial charge in [-0.25, -0.2) is 0 Å². The molecule has 0 N–H and O–H groups in total. The molecule has 21 heavy (non-hydrogen) atoms. The summed E-state index contributed by atoms with van der Waals surface area (Å²) >= 11 is 0. The average molecular weight is 280 g/mol. The van der Waals surface area contributed by atoms with Crippen molar-refractivity contribution >= 4 is 16.6 Å². The number of nitrogens with zero attached hydrogens (tertiary/aromatic N) is 2. The minimum atomic E-state index is 0.0194. The maximum atomic E-state index is 12.3. The smallest absolute Gasteiger partial charge is 0.187 e. The predicted octanol–water partition coefficient (Wildman–Crippen LogP) is 3.01. The summed E-state index contributed by atoms with van der Waals surface area (Å²) in [5.74, 6) is 0.811. The largest absolute Gasteiger partial charge is 0.497 e. The fourth-order valence-electron chi connectivity index (χ4n) is 2.42. The zero-order valence-electron chi connectivity index (χ0n) is 12.0.